The molecule has 0 atom stereocenters. The average Bonchev–Trinajstić information content (AvgIpc) is 3.30. The third-order valence-corrected chi connectivity index (χ3v) is 5.73. The summed E-state index contributed by atoms with van der Waals surface area (Å²) < 4.78 is 41.2. The summed E-state index contributed by atoms with van der Waals surface area (Å²) in [6, 6.07) is 20.5. The van der Waals surface area contributed by atoms with E-state index < -0.39 is 17.6 Å². The number of para-hydroxylation sites is 1. The number of halogens is 3. The van der Waals surface area contributed by atoms with Crippen molar-refractivity contribution < 1.29 is 18.0 Å². The number of nitrogens with zero attached hydrogens (tertiary/aromatic N) is 2. The van der Waals surface area contributed by atoms with Gasteiger partial charge < -0.3 is 9.88 Å². The van der Waals surface area contributed by atoms with Gasteiger partial charge in [-0.05, 0) is 35.9 Å². The molecular formula is C26H16F3N3O. The van der Waals surface area contributed by atoms with Crippen molar-refractivity contribution in [1.82, 2.24) is 4.57 Å². The van der Waals surface area contributed by atoms with E-state index in [1.165, 1.54) is 6.07 Å². The highest BCUT2D eigenvalue weighted by Gasteiger charge is 2.33. The lowest BCUT2D eigenvalue weighted by molar-refractivity contribution is -0.137. The highest BCUT2D eigenvalue weighted by atomic mass is 19.4. The van der Waals surface area contributed by atoms with Crippen molar-refractivity contribution in [2.24, 2.45) is 0 Å². The average molecular weight is 443 g/mol. The Morgan fingerprint density at radius 1 is 1.03 bits per heavy atom. The zero-order valence-corrected chi connectivity index (χ0v) is 17.1. The van der Waals surface area contributed by atoms with Crippen molar-refractivity contribution in [1.29, 1.82) is 5.26 Å². The minimum atomic E-state index is -4.49. The van der Waals surface area contributed by atoms with E-state index in [9.17, 15) is 23.2 Å². The second-order valence-corrected chi connectivity index (χ2v) is 7.77. The summed E-state index contributed by atoms with van der Waals surface area (Å²) in [6.45, 7) is 0.463. The lowest BCUT2D eigenvalue weighted by atomic mass is 10.0. The molecule has 0 bridgehead atoms. The maximum Gasteiger partial charge on any atom is 0.416 e. The Hall–Kier alpha value is -4.31. The molecule has 4 aromatic rings. The first-order valence-electron chi connectivity index (χ1n) is 10.2. The molecule has 1 amide bonds. The van der Waals surface area contributed by atoms with Crippen LogP contribution in [0, 0.1) is 11.3 Å². The van der Waals surface area contributed by atoms with Gasteiger partial charge in [-0.3, -0.25) is 4.79 Å². The molecule has 3 aromatic carbocycles. The topological polar surface area (TPSA) is 57.8 Å². The fourth-order valence-corrected chi connectivity index (χ4v) is 4.14. The van der Waals surface area contributed by atoms with Crippen molar-refractivity contribution >= 4 is 34.1 Å². The monoisotopic (exact) mass is 443 g/mol. The molecule has 0 radical (unpaired) electrons. The highest BCUT2D eigenvalue weighted by molar-refractivity contribution is 6.35. The number of fused-ring (bicyclic) bond motifs is 2. The van der Waals surface area contributed by atoms with Gasteiger partial charge in [0.15, 0.2) is 0 Å². The number of anilines is 1. The first kappa shape index (κ1) is 20.6. The van der Waals surface area contributed by atoms with Gasteiger partial charge in [0.25, 0.3) is 5.91 Å². The number of nitriles is 1. The molecule has 1 aliphatic rings. The number of amides is 1. The summed E-state index contributed by atoms with van der Waals surface area (Å²) in [4.78, 5) is 12.6. The highest BCUT2D eigenvalue weighted by Crippen LogP contribution is 2.39. The molecule has 2 heterocycles. The van der Waals surface area contributed by atoms with Crippen LogP contribution in [0.15, 0.2) is 72.9 Å². The summed E-state index contributed by atoms with van der Waals surface area (Å²) in [5.41, 5.74) is 3.20. The molecule has 0 spiro atoms. The predicted octanol–water partition coefficient (Wildman–Crippen LogP) is 6.07. The first-order chi connectivity index (χ1) is 15.8. The Labute approximate surface area is 187 Å². The van der Waals surface area contributed by atoms with Crippen LogP contribution in [-0.2, 0) is 17.5 Å². The molecule has 0 saturated heterocycles. The van der Waals surface area contributed by atoms with Crippen molar-refractivity contribution in [3.8, 4) is 6.07 Å². The van der Waals surface area contributed by atoms with Gasteiger partial charge in [-0.15, -0.1) is 0 Å². The number of carbonyl (C=O) groups excluding carboxylic acids is 1. The normalized spacial score (nSPS) is 14.4. The molecule has 33 heavy (non-hydrogen) atoms. The molecule has 0 saturated carbocycles. The van der Waals surface area contributed by atoms with E-state index in [4.69, 9.17) is 0 Å². The van der Waals surface area contributed by atoms with E-state index in [0.29, 0.717) is 23.2 Å². The number of aromatic nitrogens is 1. The molecule has 162 valence electrons. The van der Waals surface area contributed by atoms with Gasteiger partial charge in [-0.2, -0.15) is 18.4 Å². The molecule has 1 aromatic heterocycles. The second kappa shape index (κ2) is 7.68. The maximum absolute atomic E-state index is 13.1. The Bertz CT molecular complexity index is 1490. The Balaban J connectivity index is 1.60. The smallest absolute Gasteiger partial charge is 0.342 e. The molecule has 0 unspecified atom stereocenters. The van der Waals surface area contributed by atoms with Crippen molar-refractivity contribution in [3.63, 3.8) is 0 Å². The van der Waals surface area contributed by atoms with Crippen LogP contribution in [0.3, 0.4) is 0 Å². The largest absolute Gasteiger partial charge is 0.416 e. The SMILES string of the molecule is N#Cc1ccccc1Cn1cc(/C=C2/C(=O)Nc3cc(C(F)(F)F)ccc32)c2ccccc21. The first-order valence-corrected chi connectivity index (χ1v) is 10.2. The molecule has 1 N–H and O–H groups in total. The minimum absolute atomic E-state index is 0.146. The molecule has 7 heteroatoms. The number of nitrogens with one attached hydrogen (secondary N) is 1. The van der Waals surface area contributed by atoms with E-state index in [1.54, 1.807) is 12.1 Å². The van der Waals surface area contributed by atoms with Gasteiger partial charge in [0.05, 0.1) is 17.2 Å². The van der Waals surface area contributed by atoms with Gasteiger partial charge in [0.1, 0.15) is 0 Å². The molecule has 5 rings (SSSR count). The van der Waals surface area contributed by atoms with Crippen LogP contribution in [0.25, 0.3) is 22.6 Å². The van der Waals surface area contributed by atoms with Crippen molar-refractivity contribution in [2.75, 3.05) is 5.32 Å². The molecule has 4 nitrogen and oxygen atoms in total. The maximum atomic E-state index is 13.1. The summed E-state index contributed by atoms with van der Waals surface area (Å²) in [6.07, 6.45) is -0.899. The molecular weight excluding hydrogens is 427 g/mol. The number of benzene rings is 3. The quantitative estimate of drug-likeness (QED) is 0.391. The lowest BCUT2D eigenvalue weighted by Gasteiger charge is -2.08. The number of hydrogen-bond donors (Lipinski definition) is 1. The molecule has 0 fully saturated rings. The van der Waals surface area contributed by atoms with Crippen LogP contribution >= 0.6 is 0 Å². The minimum Gasteiger partial charge on any atom is -0.342 e. The van der Waals surface area contributed by atoms with E-state index in [2.05, 4.69) is 11.4 Å². The van der Waals surface area contributed by atoms with E-state index >= 15 is 0 Å². The summed E-state index contributed by atoms with van der Waals surface area (Å²) >= 11 is 0. The zero-order valence-electron chi connectivity index (χ0n) is 17.1. The number of hydrogen-bond acceptors (Lipinski definition) is 2. The van der Waals surface area contributed by atoms with Gasteiger partial charge in [0.2, 0.25) is 0 Å². The standard InChI is InChI=1S/C26H16F3N3O/c27-26(28,29)19-9-10-21-22(25(33)31-23(21)12-19)11-18-15-32(24-8-4-3-7-20(18)24)14-17-6-2-1-5-16(17)13-30/h1-12,15H,14H2,(H,31,33)/b22-11+. The van der Waals surface area contributed by atoms with Gasteiger partial charge in [-0.25, -0.2) is 0 Å². The van der Waals surface area contributed by atoms with Crippen LogP contribution < -0.4 is 5.32 Å². The number of rotatable bonds is 3. The van der Waals surface area contributed by atoms with Crippen LogP contribution in [0.4, 0.5) is 18.9 Å². The summed E-state index contributed by atoms with van der Waals surface area (Å²) in [7, 11) is 0. The molecule has 0 aliphatic carbocycles. The third-order valence-electron chi connectivity index (χ3n) is 5.73. The molecule has 1 aliphatic heterocycles. The van der Waals surface area contributed by atoms with Crippen LogP contribution in [0.5, 0.6) is 0 Å². The third kappa shape index (κ3) is 3.66. The van der Waals surface area contributed by atoms with E-state index in [0.717, 1.165) is 34.2 Å². The fraction of sp³-hybridized carbons (Fsp3) is 0.0769. The summed E-state index contributed by atoms with van der Waals surface area (Å²) in [5.74, 6) is -0.448. The fourth-order valence-electron chi connectivity index (χ4n) is 4.14. The number of alkyl halides is 3. The Kier molecular flexibility index (Phi) is 4.79. The predicted molar refractivity (Wildman–Crippen MR) is 120 cm³/mol. The van der Waals surface area contributed by atoms with Gasteiger partial charge in [-0.1, -0.05) is 42.5 Å². The van der Waals surface area contributed by atoms with E-state index in [-0.39, 0.29) is 5.69 Å². The van der Waals surface area contributed by atoms with Crippen molar-refractivity contribution in [3.05, 3.63) is 101 Å². The number of carbonyl (C=O) groups is 1. The van der Waals surface area contributed by atoms with Crippen LogP contribution in [0.1, 0.15) is 27.8 Å². The Morgan fingerprint density at radius 2 is 1.79 bits per heavy atom. The zero-order chi connectivity index (χ0) is 23.2. The van der Waals surface area contributed by atoms with Crippen molar-refractivity contribution in [2.45, 2.75) is 12.7 Å². The lowest BCUT2D eigenvalue weighted by Crippen LogP contribution is -2.06. The van der Waals surface area contributed by atoms with Gasteiger partial charge in [0, 0.05) is 46.0 Å². The van der Waals surface area contributed by atoms with Gasteiger partial charge >= 0.3 is 6.18 Å². The van der Waals surface area contributed by atoms with Crippen LogP contribution in [0.2, 0.25) is 0 Å². The van der Waals surface area contributed by atoms with Crippen LogP contribution in [-0.4, -0.2) is 10.5 Å². The Morgan fingerprint density at radius 3 is 2.58 bits per heavy atom. The summed E-state index contributed by atoms with van der Waals surface area (Å²) in [5, 5.41) is 12.8. The van der Waals surface area contributed by atoms with E-state index in [1.807, 2.05) is 53.2 Å². The second-order valence-electron chi connectivity index (χ2n) is 7.77.